The molecule has 0 bridgehead atoms. The molecule has 0 aliphatic carbocycles. The second kappa shape index (κ2) is 5.22. The Morgan fingerprint density at radius 1 is 1.38 bits per heavy atom. The molecule has 0 amide bonds. The summed E-state index contributed by atoms with van der Waals surface area (Å²) in [6, 6.07) is 0. The van der Waals surface area contributed by atoms with Gasteiger partial charge in [0.2, 0.25) is 0 Å². The maximum Gasteiger partial charge on any atom is 0.311 e. The maximum absolute atomic E-state index is 11.3. The second-order valence-corrected chi connectivity index (χ2v) is 3.29. The van der Waals surface area contributed by atoms with Crippen molar-refractivity contribution < 1.29 is 14.6 Å². The van der Waals surface area contributed by atoms with Gasteiger partial charge in [-0.1, -0.05) is 20.8 Å². The molecule has 0 saturated heterocycles. The summed E-state index contributed by atoms with van der Waals surface area (Å²) < 4.78 is 4.65. The van der Waals surface area contributed by atoms with Gasteiger partial charge in [0, 0.05) is 0 Å². The number of hydrogen-bond acceptors (Lipinski definition) is 3. The lowest BCUT2D eigenvalue weighted by Crippen LogP contribution is -2.41. The Bertz CT molecular complexity index is 162. The van der Waals surface area contributed by atoms with Gasteiger partial charge in [-0.25, -0.2) is 0 Å². The third kappa shape index (κ3) is 2.69. The Morgan fingerprint density at radius 2 is 1.85 bits per heavy atom. The van der Waals surface area contributed by atoms with Crippen LogP contribution in [0.15, 0.2) is 0 Å². The summed E-state index contributed by atoms with van der Waals surface area (Å²) in [4.78, 5) is 11.3. The van der Waals surface area contributed by atoms with Gasteiger partial charge in [-0.15, -0.1) is 0 Å². The van der Waals surface area contributed by atoms with E-state index < -0.39 is 11.5 Å². The highest BCUT2D eigenvalue weighted by molar-refractivity contribution is 5.73. The van der Waals surface area contributed by atoms with Crippen LogP contribution in [0.1, 0.15) is 40.0 Å². The Balaban J connectivity index is 4.62. The van der Waals surface area contributed by atoms with E-state index in [2.05, 4.69) is 4.74 Å². The number of carbonyl (C=O) groups excluding carboxylic acids is 1. The lowest BCUT2D eigenvalue weighted by Gasteiger charge is -2.31. The quantitative estimate of drug-likeness (QED) is 0.668. The Morgan fingerprint density at radius 3 is 2.08 bits per heavy atom. The average Bonchev–Trinajstić information content (AvgIpc) is 2.18. The van der Waals surface area contributed by atoms with Crippen molar-refractivity contribution in [3.05, 3.63) is 0 Å². The van der Waals surface area contributed by atoms with Gasteiger partial charge in [-0.05, 0) is 19.3 Å². The molecule has 0 radical (unpaired) electrons. The second-order valence-electron chi connectivity index (χ2n) is 3.29. The Hall–Kier alpha value is -0.570. The predicted octanol–water partition coefficient (Wildman–Crippen LogP) is 1.74. The molecule has 0 fully saturated rings. The van der Waals surface area contributed by atoms with E-state index >= 15 is 0 Å². The molecular formula is C10H20O3. The normalized spacial score (nSPS) is 13.9. The lowest BCUT2D eigenvalue weighted by molar-refractivity contribution is -0.156. The summed E-state index contributed by atoms with van der Waals surface area (Å²) in [5, 5.41) is 10.1. The molecular weight excluding hydrogens is 168 g/mol. The first-order valence-corrected chi connectivity index (χ1v) is 4.85. The summed E-state index contributed by atoms with van der Waals surface area (Å²) in [5.41, 5.74) is -0.901. The van der Waals surface area contributed by atoms with Crippen LogP contribution in [-0.4, -0.2) is 23.8 Å². The van der Waals surface area contributed by atoms with Crippen molar-refractivity contribution >= 4 is 5.97 Å². The zero-order valence-corrected chi connectivity index (χ0v) is 8.96. The highest BCUT2D eigenvalue weighted by Crippen LogP contribution is 2.28. The molecule has 0 aromatic rings. The molecule has 1 atom stereocenters. The number of carbonyl (C=O) groups is 1. The first-order valence-electron chi connectivity index (χ1n) is 4.85. The number of methoxy groups -OCH3 is 1. The van der Waals surface area contributed by atoms with Gasteiger partial charge in [0.05, 0.1) is 18.6 Å². The number of rotatable bonds is 5. The van der Waals surface area contributed by atoms with E-state index in [0.29, 0.717) is 19.3 Å². The fraction of sp³-hybridized carbons (Fsp3) is 0.900. The van der Waals surface area contributed by atoms with E-state index in [0.717, 1.165) is 0 Å². The molecule has 0 saturated carbocycles. The molecule has 0 heterocycles. The zero-order chi connectivity index (χ0) is 10.5. The molecule has 0 aromatic heterocycles. The van der Waals surface area contributed by atoms with E-state index in [-0.39, 0.29) is 5.97 Å². The van der Waals surface area contributed by atoms with E-state index in [1.807, 2.05) is 20.8 Å². The smallest absolute Gasteiger partial charge is 0.311 e. The molecule has 13 heavy (non-hydrogen) atoms. The van der Waals surface area contributed by atoms with E-state index in [4.69, 9.17) is 0 Å². The molecule has 0 rings (SSSR count). The monoisotopic (exact) mass is 188 g/mol. The van der Waals surface area contributed by atoms with Crippen LogP contribution < -0.4 is 0 Å². The van der Waals surface area contributed by atoms with Gasteiger partial charge in [-0.3, -0.25) is 4.79 Å². The zero-order valence-electron chi connectivity index (χ0n) is 8.96. The number of aliphatic hydroxyl groups is 1. The lowest BCUT2D eigenvalue weighted by atomic mass is 9.81. The average molecular weight is 188 g/mol. The minimum Gasteiger partial charge on any atom is -0.469 e. The van der Waals surface area contributed by atoms with Crippen molar-refractivity contribution in [3.63, 3.8) is 0 Å². The van der Waals surface area contributed by atoms with Crippen LogP contribution in [0, 0.1) is 5.92 Å². The van der Waals surface area contributed by atoms with Crippen molar-refractivity contribution in [2.24, 2.45) is 5.92 Å². The third-order valence-electron chi connectivity index (χ3n) is 2.77. The predicted molar refractivity (Wildman–Crippen MR) is 51.3 cm³/mol. The highest BCUT2D eigenvalue weighted by Gasteiger charge is 2.37. The van der Waals surface area contributed by atoms with Gasteiger partial charge >= 0.3 is 5.97 Å². The summed E-state index contributed by atoms with van der Waals surface area (Å²) in [6.07, 6.45) is 1.78. The molecule has 0 aromatic carbocycles. The van der Waals surface area contributed by atoms with E-state index in [1.54, 1.807) is 0 Å². The van der Waals surface area contributed by atoms with E-state index in [9.17, 15) is 9.90 Å². The molecule has 1 N–H and O–H groups in total. The molecule has 0 aliphatic heterocycles. The fourth-order valence-electron chi connectivity index (χ4n) is 1.65. The van der Waals surface area contributed by atoms with Gasteiger partial charge in [0.1, 0.15) is 0 Å². The van der Waals surface area contributed by atoms with Gasteiger partial charge in [0.15, 0.2) is 0 Å². The first kappa shape index (κ1) is 12.4. The van der Waals surface area contributed by atoms with Crippen molar-refractivity contribution in [2.45, 2.75) is 45.6 Å². The topological polar surface area (TPSA) is 46.5 Å². The van der Waals surface area contributed by atoms with Crippen molar-refractivity contribution in [1.82, 2.24) is 0 Å². The van der Waals surface area contributed by atoms with Crippen molar-refractivity contribution in [3.8, 4) is 0 Å². The fourth-order valence-corrected chi connectivity index (χ4v) is 1.65. The van der Waals surface area contributed by atoms with Crippen LogP contribution >= 0.6 is 0 Å². The molecule has 78 valence electrons. The van der Waals surface area contributed by atoms with E-state index in [1.165, 1.54) is 7.11 Å². The summed E-state index contributed by atoms with van der Waals surface area (Å²) >= 11 is 0. The van der Waals surface area contributed by atoms with Crippen LogP contribution in [0.2, 0.25) is 0 Å². The van der Waals surface area contributed by atoms with Crippen LogP contribution in [0.5, 0.6) is 0 Å². The van der Waals surface area contributed by atoms with Crippen molar-refractivity contribution in [1.29, 1.82) is 0 Å². The van der Waals surface area contributed by atoms with Crippen molar-refractivity contribution in [2.75, 3.05) is 7.11 Å². The van der Waals surface area contributed by atoms with Gasteiger partial charge in [-0.2, -0.15) is 0 Å². The Labute approximate surface area is 80.1 Å². The molecule has 0 spiro atoms. The SMILES string of the molecule is CCC(C(=O)OC)C(O)(CC)CC. The summed E-state index contributed by atoms with van der Waals surface area (Å²) in [5.74, 6) is -0.707. The molecule has 3 heteroatoms. The van der Waals surface area contributed by atoms with Gasteiger partial charge < -0.3 is 9.84 Å². The minimum absolute atomic E-state index is 0.311. The van der Waals surface area contributed by atoms with Crippen LogP contribution in [0.3, 0.4) is 0 Å². The summed E-state index contributed by atoms with van der Waals surface area (Å²) in [6.45, 7) is 5.65. The maximum atomic E-state index is 11.3. The number of esters is 1. The Kier molecular flexibility index (Phi) is 4.99. The minimum atomic E-state index is -0.901. The number of ether oxygens (including phenoxy) is 1. The highest BCUT2D eigenvalue weighted by atomic mass is 16.5. The first-order chi connectivity index (χ1) is 6.05. The van der Waals surface area contributed by atoms with Crippen LogP contribution in [-0.2, 0) is 9.53 Å². The summed E-state index contributed by atoms with van der Waals surface area (Å²) in [7, 11) is 1.36. The molecule has 0 aliphatic rings. The number of hydrogen-bond donors (Lipinski definition) is 1. The standard InChI is InChI=1S/C10H20O3/c1-5-8(9(11)13-4)10(12,6-2)7-3/h8,12H,5-7H2,1-4H3. The largest absolute Gasteiger partial charge is 0.469 e. The van der Waals surface area contributed by atoms with Crippen LogP contribution in [0.4, 0.5) is 0 Å². The molecule has 1 unspecified atom stereocenters. The van der Waals surface area contributed by atoms with Crippen LogP contribution in [0.25, 0.3) is 0 Å². The third-order valence-corrected chi connectivity index (χ3v) is 2.77. The van der Waals surface area contributed by atoms with Gasteiger partial charge in [0.25, 0.3) is 0 Å². The molecule has 3 nitrogen and oxygen atoms in total.